The zero-order valence-corrected chi connectivity index (χ0v) is 11.1. The van der Waals surface area contributed by atoms with Gasteiger partial charge in [-0.2, -0.15) is 0 Å². The summed E-state index contributed by atoms with van der Waals surface area (Å²) in [5.74, 6) is 0.227. The van der Waals surface area contributed by atoms with Gasteiger partial charge in [-0.05, 0) is 12.3 Å². The molecule has 0 atom stereocenters. The molecule has 1 aromatic heterocycles. The van der Waals surface area contributed by atoms with Crippen molar-refractivity contribution in [1.82, 2.24) is 5.16 Å². The molecule has 1 fully saturated rings. The standard InChI is InChI=1S/C14H21NO3/c1-9(2)13-12(14(16)17)11(15-18-13)8-10-6-4-3-5-7-10/h9-10H,3-8H2,1-2H3,(H,16,17). The van der Waals surface area contributed by atoms with Gasteiger partial charge in [-0.1, -0.05) is 51.1 Å². The Labute approximate surface area is 107 Å². The molecule has 0 unspecified atom stereocenters. The van der Waals surface area contributed by atoms with Crippen LogP contribution < -0.4 is 0 Å². The van der Waals surface area contributed by atoms with Crippen molar-refractivity contribution in [3.8, 4) is 0 Å². The Morgan fingerprint density at radius 1 is 1.39 bits per heavy atom. The van der Waals surface area contributed by atoms with Crippen molar-refractivity contribution in [2.24, 2.45) is 5.92 Å². The monoisotopic (exact) mass is 251 g/mol. The largest absolute Gasteiger partial charge is 0.477 e. The maximum absolute atomic E-state index is 11.3. The summed E-state index contributed by atoms with van der Waals surface area (Å²) in [5, 5.41) is 13.3. The van der Waals surface area contributed by atoms with E-state index in [2.05, 4.69) is 5.16 Å². The van der Waals surface area contributed by atoms with Crippen LogP contribution in [0.4, 0.5) is 0 Å². The van der Waals surface area contributed by atoms with Gasteiger partial charge in [-0.15, -0.1) is 0 Å². The summed E-state index contributed by atoms with van der Waals surface area (Å²) in [6.07, 6.45) is 6.92. The lowest BCUT2D eigenvalue weighted by Gasteiger charge is -2.20. The number of hydrogen-bond acceptors (Lipinski definition) is 3. The van der Waals surface area contributed by atoms with E-state index in [1.807, 2.05) is 13.8 Å². The van der Waals surface area contributed by atoms with Gasteiger partial charge in [-0.3, -0.25) is 0 Å². The van der Waals surface area contributed by atoms with Crippen LogP contribution in [0.15, 0.2) is 4.52 Å². The molecule has 2 rings (SSSR count). The number of nitrogens with zero attached hydrogens (tertiary/aromatic N) is 1. The maximum atomic E-state index is 11.3. The van der Waals surface area contributed by atoms with Crippen LogP contribution in [0.1, 0.15) is 73.7 Å². The Kier molecular flexibility index (Phi) is 4.04. The predicted molar refractivity (Wildman–Crippen MR) is 67.8 cm³/mol. The highest BCUT2D eigenvalue weighted by Crippen LogP contribution is 2.30. The first-order valence-electron chi connectivity index (χ1n) is 6.81. The molecule has 1 saturated carbocycles. The second-order valence-corrected chi connectivity index (χ2v) is 5.54. The topological polar surface area (TPSA) is 63.3 Å². The van der Waals surface area contributed by atoms with E-state index in [4.69, 9.17) is 4.52 Å². The van der Waals surface area contributed by atoms with Crippen LogP contribution in [-0.4, -0.2) is 16.2 Å². The SMILES string of the molecule is CC(C)c1onc(CC2CCCCC2)c1C(=O)O. The molecule has 0 amide bonds. The highest BCUT2D eigenvalue weighted by Gasteiger charge is 2.26. The van der Waals surface area contributed by atoms with Gasteiger partial charge in [0.15, 0.2) is 5.76 Å². The van der Waals surface area contributed by atoms with Crippen LogP contribution in [0.2, 0.25) is 0 Å². The van der Waals surface area contributed by atoms with E-state index in [0.717, 1.165) is 6.42 Å². The average molecular weight is 251 g/mol. The van der Waals surface area contributed by atoms with E-state index in [1.165, 1.54) is 32.1 Å². The number of aromatic nitrogens is 1. The van der Waals surface area contributed by atoms with Gasteiger partial charge in [0.1, 0.15) is 5.56 Å². The molecule has 0 bridgehead atoms. The number of carboxylic acid groups (broad SMARTS) is 1. The van der Waals surface area contributed by atoms with E-state index in [0.29, 0.717) is 22.9 Å². The normalized spacial score (nSPS) is 17.3. The molecule has 0 radical (unpaired) electrons. The molecular weight excluding hydrogens is 230 g/mol. The van der Waals surface area contributed by atoms with Gasteiger partial charge >= 0.3 is 5.97 Å². The fourth-order valence-electron chi connectivity index (χ4n) is 2.76. The Morgan fingerprint density at radius 2 is 2.06 bits per heavy atom. The van der Waals surface area contributed by atoms with Gasteiger partial charge in [0.25, 0.3) is 0 Å². The van der Waals surface area contributed by atoms with Crippen molar-refractivity contribution in [2.75, 3.05) is 0 Å². The van der Waals surface area contributed by atoms with Gasteiger partial charge in [0, 0.05) is 5.92 Å². The second kappa shape index (κ2) is 5.55. The lowest BCUT2D eigenvalue weighted by molar-refractivity contribution is 0.0692. The van der Waals surface area contributed by atoms with Gasteiger partial charge in [-0.25, -0.2) is 4.79 Å². The molecule has 0 spiro atoms. The van der Waals surface area contributed by atoms with Crippen molar-refractivity contribution in [1.29, 1.82) is 0 Å². The van der Waals surface area contributed by atoms with Crippen LogP contribution in [0, 0.1) is 5.92 Å². The lowest BCUT2D eigenvalue weighted by atomic mass is 9.85. The Bertz CT molecular complexity index is 417. The van der Waals surface area contributed by atoms with Gasteiger partial charge in [0.05, 0.1) is 5.69 Å². The minimum atomic E-state index is -0.911. The molecule has 0 aromatic carbocycles. The minimum Gasteiger partial charge on any atom is -0.477 e. The lowest BCUT2D eigenvalue weighted by Crippen LogP contribution is -2.12. The smallest absolute Gasteiger partial charge is 0.341 e. The zero-order valence-electron chi connectivity index (χ0n) is 11.1. The maximum Gasteiger partial charge on any atom is 0.341 e. The molecule has 1 aliphatic rings. The Balaban J connectivity index is 2.19. The van der Waals surface area contributed by atoms with E-state index < -0.39 is 5.97 Å². The van der Waals surface area contributed by atoms with Crippen molar-refractivity contribution in [3.63, 3.8) is 0 Å². The number of aromatic carboxylic acids is 1. The molecule has 18 heavy (non-hydrogen) atoms. The third-order valence-corrected chi connectivity index (χ3v) is 3.73. The minimum absolute atomic E-state index is 0.0590. The molecule has 0 saturated heterocycles. The van der Waals surface area contributed by atoms with Gasteiger partial charge in [0.2, 0.25) is 0 Å². The molecule has 4 heteroatoms. The van der Waals surface area contributed by atoms with Crippen LogP contribution >= 0.6 is 0 Å². The quantitative estimate of drug-likeness (QED) is 0.887. The van der Waals surface area contributed by atoms with E-state index in [-0.39, 0.29) is 5.92 Å². The first-order valence-corrected chi connectivity index (χ1v) is 6.81. The number of rotatable bonds is 4. The van der Waals surface area contributed by atoms with E-state index >= 15 is 0 Å². The molecule has 1 aliphatic carbocycles. The molecule has 100 valence electrons. The fourth-order valence-corrected chi connectivity index (χ4v) is 2.76. The van der Waals surface area contributed by atoms with Crippen molar-refractivity contribution in [2.45, 2.75) is 58.3 Å². The highest BCUT2D eigenvalue weighted by atomic mass is 16.5. The summed E-state index contributed by atoms with van der Waals surface area (Å²) in [6.45, 7) is 3.86. The van der Waals surface area contributed by atoms with Crippen LogP contribution in [-0.2, 0) is 6.42 Å². The Morgan fingerprint density at radius 3 is 2.61 bits per heavy atom. The van der Waals surface area contributed by atoms with Crippen molar-refractivity contribution < 1.29 is 14.4 Å². The summed E-state index contributed by atoms with van der Waals surface area (Å²) in [6, 6.07) is 0. The van der Waals surface area contributed by atoms with Crippen LogP contribution in [0.25, 0.3) is 0 Å². The number of carbonyl (C=O) groups is 1. The van der Waals surface area contributed by atoms with Crippen LogP contribution in [0.3, 0.4) is 0 Å². The highest BCUT2D eigenvalue weighted by molar-refractivity contribution is 5.90. The number of hydrogen-bond donors (Lipinski definition) is 1. The van der Waals surface area contributed by atoms with E-state index in [9.17, 15) is 9.90 Å². The number of carboxylic acids is 1. The summed E-state index contributed by atoms with van der Waals surface area (Å²) < 4.78 is 5.23. The van der Waals surface area contributed by atoms with Crippen molar-refractivity contribution >= 4 is 5.97 Å². The van der Waals surface area contributed by atoms with Crippen LogP contribution in [0.5, 0.6) is 0 Å². The summed E-state index contributed by atoms with van der Waals surface area (Å²) in [7, 11) is 0. The predicted octanol–water partition coefficient (Wildman–Crippen LogP) is 3.62. The molecule has 1 heterocycles. The average Bonchev–Trinajstić information content (AvgIpc) is 2.74. The fraction of sp³-hybridized carbons (Fsp3) is 0.714. The van der Waals surface area contributed by atoms with E-state index in [1.54, 1.807) is 0 Å². The Hall–Kier alpha value is -1.32. The molecule has 4 nitrogen and oxygen atoms in total. The van der Waals surface area contributed by atoms with Gasteiger partial charge < -0.3 is 9.63 Å². The summed E-state index contributed by atoms with van der Waals surface area (Å²) >= 11 is 0. The third kappa shape index (κ3) is 2.74. The summed E-state index contributed by atoms with van der Waals surface area (Å²) in [5.41, 5.74) is 0.939. The molecular formula is C14H21NO3. The first-order chi connectivity index (χ1) is 8.59. The first kappa shape index (κ1) is 13.1. The third-order valence-electron chi connectivity index (χ3n) is 3.73. The molecule has 1 aromatic rings. The molecule has 1 N–H and O–H groups in total. The second-order valence-electron chi connectivity index (χ2n) is 5.54. The zero-order chi connectivity index (χ0) is 13.1. The summed E-state index contributed by atoms with van der Waals surface area (Å²) in [4.78, 5) is 11.3. The molecule has 0 aliphatic heterocycles. The van der Waals surface area contributed by atoms with Crippen molar-refractivity contribution in [3.05, 3.63) is 17.0 Å².